The number of amides is 1. The van der Waals surface area contributed by atoms with Gasteiger partial charge in [-0.05, 0) is 37.6 Å². The van der Waals surface area contributed by atoms with Crippen LogP contribution in [0.25, 0.3) is 11.1 Å². The summed E-state index contributed by atoms with van der Waals surface area (Å²) in [4.78, 5) is 23.0. The van der Waals surface area contributed by atoms with Crippen molar-refractivity contribution in [2.75, 3.05) is 7.11 Å². The predicted molar refractivity (Wildman–Crippen MR) is 100 cm³/mol. The van der Waals surface area contributed by atoms with E-state index in [1.807, 2.05) is 44.2 Å². The number of carbonyl (C=O) groups excluding carboxylic acids is 1. The van der Waals surface area contributed by atoms with Crippen molar-refractivity contribution in [1.82, 2.24) is 20.0 Å². The van der Waals surface area contributed by atoms with Crippen molar-refractivity contribution >= 4 is 5.91 Å². The zero-order chi connectivity index (χ0) is 19.4. The summed E-state index contributed by atoms with van der Waals surface area (Å²) < 4.78 is 10.2. The van der Waals surface area contributed by atoms with Crippen LogP contribution in [0.4, 0.5) is 0 Å². The molecule has 2 heterocycles. The Morgan fingerprint density at radius 3 is 2.52 bits per heavy atom. The molecule has 1 aromatic carbocycles. The molecule has 27 heavy (non-hydrogen) atoms. The number of rotatable bonds is 6. The molecule has 0 aliphatic heterocycles. The highest BCUT2D eigenvalue weighted by Crippen LogP contribution is 2.23. The largest absolute Gasteiger partial charge is 0.495 e. The number of ether oxygens (including phenoxy) is 1. The van der Waals surface area contributed by atoms with Crippen molar-refractivity contribution in [2.45, 2.75) is 33.4 Å². The molecule has 0 saturated carbocycles. The second kappa shape index (κ2) is 7.99. The summed E-state index contributed by atoms with van der Waals surface area (Å²) in [6.07, 6.45) is 3.42. The van der Waals surface area contributed by atoms with E-state index in [1.165, 1.54) is 0 Å². The van der Waals surface area contributed by atoms with Gasteiger partial charge in [0.15, 0.2) is 5.82 Å². The fourth-order valence-corrected chi connectivity index (χ4v) is 2.71. The molecule has 0 radical (unpaired) electrons. The average molecular weight is 366 g/mol. The number of hydrogen-bond acceptors (Lipinski definition) is 6. The van der Waals surface area contributed by atoms with E-state index >= 15 is 0 Å². The molecule has 0 saturated heterocycles. The zero-order valence-electron chi connectivity index (χ0n) is 15.8. The quantitative estimate of drug-likeness (QED) is 0.664. The Hall–Kier alpha value is -3.22. The van der Waals surface area contributed by atoms with Crippen LogP contribution in [0.1, 0.15) is 35.9 Å². The van der Waals surface area contributed by atoms with Crippen LogP contribution in [0.15, 0.2) is 47.2 Å². The molecule has 0 N–H and O–H groups in total. The number of methoxy groups -OCH3 is 1. The summed E-state index contributed by atoms with van der Waals surface area (Å²) in [6, 6.07) is 9.34. The molecule has 7 heteroatoms. The van der Waals surface area contributed by atoms with Gasteiger partial charge in [-0.2, -0.15) is 4.98 Å². The lowest BCUT2D eigenvalue weighted by Gasteiger charge is -2.25. The number of aryl methyl sites for hydroxylation is 1. The number of pyridine rings is 1. The fourth-order valence-electron chi connectivity index (χ4n) is 2.71. The Labute approximate surface area is 158 Å². The predicted octanol–water partition coefficient (Wildman–Crippen LogP) is 3.50. The maximum absolute atomic E-state index is 13.0. The highest BCUT2D eigenvalue weighted by atomic mass is 16.5. The van der Waals surface area contributed by atoms with Crippen molar-refractivity contribution in [3.63, 3.8) is 0 Å². The monoisotopic (exact) mass is 366 g/mol. The first-order chi connectivity index (χ1) is 13.0. The van der Waals surface area contributed by atoms with E-state index in [0.29, 0.717) is 29.6 Å². The van der Waals surface area contributed by atoms with Gasteiger partial charge in [-0.1, -0.05) is 17.3 Å². The van der Waals surface area contributed by atoms with Gasteiger partial charge in [0.05, 0.1) is 19.9 Å². The van der Waals surface area contributed by atoms with Gasteiger partial charge in [-0.25, -0.2) is 0 Å². The third-order valence-corrected chi connectivity index (χ3v) is 4.18. The van der Waals surface area contributed by atoms with Crippen LogP contribution in [0, 0.1) is 6.92 Å². The Morgan fingerprint density at radius 2 is 1.93 bits per heavy atom. The molecule has 1 amide bonds. The lowest BCUT2D eigenvalue weighted by molar-refractivity contribution is 0.0683. The normalized spacial score (nSPS) is 10.9. The summed E-state index contributed by atoms with van der Waals surface area (Å²) in [5.41, 5.74) is 2.49. The highest BCUT2D eigenvalue weighted by molar-refractivity contribution is 5.94. The first-order valence-corrected chi connectivity index (χ1v) is 8.67. The number of nitrogens with zero attached hydrogens (tertiary/aromatic N) is 4. The van der Waals surface area contributed by atoms with E-state index in [-0.39, 0.29) is 11.9 Å². The summed E-state index contributed by atoms with van der Waals surface area (Å²) in [6.45, 7) is 5.95. The minimum absolute atomic E-state index is 0.00133. The van der Waals surface area contributed by atoms with E-state index < -0.39 is 0 Å². The minimum atomic E-state index is -0.0808. The molecule has 2 aromatic heterocycles. The summed E-state index contributed by atoms with van der Waals surface area (Å²) in [5.74, 6) is 1.59. The molecule has 7 nitrogen and oxygen atoms in total. The van der Waals surface area contributed by atoms with Gasteiger partial charge in [0.25, 0.3) is 5.91 Å². The van der Waals surface area contributed by atoms with Gasteiger partial charge in [0.2, 0.25) is 5.89 Å². The van der Waals surface area contributed by atoms with Crippen LogP contribution >= 0.6 is 0 Å². The molecule has 0 unspecified atom stereocenters. The van der Waals surface area contributed by atoms with Crippen LogP contribution in [-0.2, 0) is 6.54 Å². The molecule has 3 rings (SSSR count). The van der Waals surface area contributed by atoms with E-state index in [0.717, 1.165) is 11.1 Å². The fraction of sp³-hybridized carbons (Fsp3) is 0.300. The molecule has 0 atom stereocenters. The Kier molecular flexibility index (Phi) is 5.49. The summed E-state index contributed by atoms with van der Waals surface area (Å²) in [5, 5.41) is 3.89. The Bertz CT molecular complexity index is 919. The maximum Gasteiger partial charge on any atom is 0.254 e. The molecule has 0 aliphatic rings. The van der Waals surface area contributed by atoms with Gasteiger partial charge in [-0.3, -0.25) is 9.78 Å². The minimum Gasteiger partial charge on any atom is -0.495 e. The molecular formula is C20H22N4O3. The Balaban J connectivity index is 1.80. The molecular weight excluding hydrogens is 344 g/mol. The molecule has 0 bridgehead atoms. The standard InChI is InChI=1S/C20H22N4O3/c1-13(2)24(12-19-22-14(3)27-23-19)20(25)16-7-5-15(6-8-16)17-9-18(26-4)11-21-10-17/h5-11,13H,12H2,1-4H3. The van der Waals surface area contributed by atoms with E-state index in [1.54, 1.807) is 31.3 Å². The summed E-state index contributed by atoms with van der Waals surface area (Å²) >= 11 is 0. The number of hydrogen-bond donors (Lipinski definition) is 0. The maximum atomic E-state index is 13.0. The first kappa shape index (κ1) is 18.6. The third-order valence-electron chi connectivity index (χ3n) is 4.18. The van der Waals surface area contributed by atoms with E-state index in [9.17, 15) is 4.79 Å². The summed E-state index contributed by atoms with van der Waals surface area (Å²) in [7, 11) is 1.61. The number of carbonyl (C=O) groups is 1. The van der Waals surface area contributed by atoms with Gasteiger partial charge in [0, 0.05) is 30.3 Å². The van der Waals surface area contributed by atoms with Crippen LogP contribution in [-0.4, -0.2) is 39.1 Å². The molecule has 0 fully saturated rings. The number of aromatic nitrogens is 3. The second-order valence-corrected chi connectivity index (χ2v) is 6.45. The van der Waals surface area contributed by atoms with Gasteiger partial charge < -0.3 is 14.2 Å². The zero-order valence-corrected chi connectivity index (χ0v) is 15.8. The van der Waals surface area contributed by atoms with Crippen LogP contribution in [0.2, 0.25) is 0 Å². The smallest absolute Gasteiger partial charge is 0.254 e. The van der Waals surface area contributed by atoms with E-state index in [4.69, 9.17) is 9.26 Å². The SMILES string of the molecule is COc1cncc(-c2ccc(C(=O)N(Cc3noc(C)n3)C(C)C)cc2)c1. The average Bonchev–Trinajstić information content (AvgIpc) is 3.10. The first-order valence-electron chi connectivity index (χ1n) is 8.67. The second-order valence-electron chi connectivity index (χ2n) is 6.45. The van der Waals surface area contributed by atoms with Crippen molar-refractivity contribution in [2.24, 2.45) is 0 Å². The molecule has 0 aliphatic carbocycles. The van der Waals surface area contributed by atoms with Gasteiger partial charge in [0.1, 0.15) is 5.75 Å². The molecule has 140 valence electrons. The molecule has 3 aromatic rings. The van der Waals surface area contributed by atoms with Crippen LogP contribution < -0.4 is 4.74 Å². The van der Waals surface area contributed by atoms with Crippen molar-refractivity contribution in [3.8, 4) is 16.9 Å². The lowest BCUT2D eigenvalue weighted by Crippen LogP contribution is -2.36. The highest BCUT2D eigenvalue weighted by Gasteiger charge is 2.21. The van der Waals surface area contributed by atoms with Crippen molar-refractivity contribution in [1.29, 1.82) is 0 Å². The lowest BCUT2D eigenvalue weighted by atomic mass is 10.0. The van der Waals surface area contributed by atoms with Crippen molar-refractivity contribution in [3.05, 3.63) is 60.0 Å². The van der Waals surface area contributed by atoms with Gasteiger partial charge >= 0.3 is 0 Å². The number of benzene rings is 1. The Morgan fingerprint density at radius 1 is 1.19 bits per heavy atom. The van der Waals surface area contributed by atoms with E-state index in [2.05, 4.69) is 15.1 Å². The van der Waals surface area contributed by atoms with Crippen LogP contribution in [0.3, 0.4) is 0 Å². The molecule has 0 spiro atoms. The topological polar surface area (TPSA) is 81.4 Å². The third kappa shape index (κ3) is 4.31. The van der Waals surface area contributed by atoms with Crippen molar-refractivity contribution < 1.29 is 14.1 Å². The van der Waals surface area contributed by atoms with Crippen LogP contribution in [0.5, 0.6) is 5.75 Å². The van der Waals surface area contributed by atoms with Gasteiger partial charge in [-0.15, -0.1) is 0 Å².